The molecule has 17 N–H and O–H groups in total. The van der Waals surface area contributed by atoms with E-state index in [-0.39, 0.29) is 81.7 Å². The second-order valence-electron chi connectivity index (χ2n) is 18.6. The van der Waals surface area contributed by atoms with Gasteiger partial charge in [0.25, 0.3) is 0 Å². The summed E-state index contributed by atoms with van der Waals surface area (Å²) in [5.41, 5.74) is 31.4. The molecule has 0 aromatic heterocycles. The monoisotopic (exact) mass is 1070 g/mol. The van der Waals surface area contributed by atoms with Crippen LogP contribution in [-0.4, -0.2) is 121 Å². The fourth-order valence-electron chi connectivity index (χ4n) is 7.98. The molecule has 3 aromatic rings. The number of nitrogens with one attached hydrogen (secondary N) is 6. The number of carbonyl (C=O) groups excluding carboxylic acids is 7. The number of aliphatic imine (C=N–C) groups is 2. The molecule has 0 bridgehead atoms. The van der Waals surface area contributed by atoms with Crippen LogP contribution < -0.4 is 65.5 Å². The minimum absolute atomic E-state index is 0.00214. The Bertz CT molecular complexity index is 2460. The van der Waals surface area contributed by atoms with Crippen molar-refractivity contribution >= 4 is 70.3 Å². The summed E-state index contributed by atoms with van der Waals surface area (Å²) in [6.45, 7) is 11.3. The number of hydrogen-bond donors (Lipinski definition) is 12. The second kappa shape index (κ2) is 33.6. The summed E-state index contributed by atoms with van der Waals surface area (Å²) in [5, 5.41) is 34.8. The fourth-order valence-corrected chi connectivity index (χ4v) is 7.98. The minimum Gasteiger partial charge on any atom is -0.508 e. The van der Waals surface area contributed by atoms with Gasteiger partial charge in [-0.25, -0.2) is 0 Å². The van der Waals surface area contributed by atoms with Crippen LogP contribution >= 0.6 is 0 Å². The summed E-state index contributed by atoms with van der Waals surface area (Å²) in [6.07, 6.45) is 1.85. The molecule has 24 heteroatoms. The summed E-state index contributed by atoms with van der Waals surface area (Å²) in [6, 6.07) is 14.9. The first-order chi connectivity index (χ1) is 36.7. The number of nitrogens with two attached hydrogens (primary N) is 5. The summed E-state index contributed by atoms with van der Waals surface area (Å²) in [7, 11) is 0. The number of azo groups is 1. The molecule has 7 amide bonds. The maximum Gasteiger partial charge on any atom is 0.243 e. The Morgan fingerprint density at radius 1 is 0.571 bits per heavy atom. The predicted molar refractivity (Wildman–Crippen MR) is 297 cm³/mol. The maximum atomic E-state index is 14.4. The first-order valence-corrected chi connectivity index (χ1v) is 26.0. The van der Waals surface area contributed by atoms with Crippen LogP contribution in [0.5, 0.6) is 5.75 Å². The Balaban J connectivity index is 1.80. The average molecular weight is 1070 g/mol. The molecular formula is C53H80N16O8. The highest BCUT2D eigenvalue weighted by Gasteiger charge is 2.34. The first kappa shape index (κ1) is 63.0. The summed E-state index contributed by atoms with van der Waals surface area (Å²) in [5.74, 6) is -5.25. The third kappa shape index (κ3) is 23.8. The fraction of sp³-hybridized carbons (Fsp3) is 0.491. The molecule has 0 fully saturated rings. The van der Waals surface area contributed by atoms with E-state index < -0.39 is 71.6 Å². The van der Waals surface area contributed by atoms with Crippen molar-refractivity contribution in [1.29, 1.82) is 0 Å². The van der Waals surface area contributed by atoms with E-state index >= 15 is 0 Å². The van der Waals surface area contributed by atoms with Crippen LogP contribution in [0, 0.1) is 5.92 Å². The quantitative estimate of drug-likeness (QED) is 0.0176. The number of anilines is 1. The molecular weight excluding hydrogens is 989 g/mol. The molecule has 0 heterocycles. The van der Waals surface area contributed by atoms with Gasteiger partial charge in [-0.2, -0.15) is 10.2 Å². The molecule has 0 aliphatic carbocycles. The van der Waals surface area contributed by atoms with E-state index in [1.54, 1.807) is 43.3 Å². The number of benzene rings is 3. The number of aromatic hydroxyl groups is 1. The molecule has 3 rings (SSSR count). The zero-order valence-electron chi connectivity index (χ0n) is 44.9. The van der Waals surface area contributed by atoms with Crippen LogP contribution in [0.3, 0.4) is 0 Å². The third-order valence-corrected chi connectivity index (χ3v) is 12.5. The number of unbranched alkanes of at least 4 members (excludes halogenated alkanes) is 1. The Morgan fingerprint density at radius 3 is 1.53 bits per heavy atom. The molecule has 0 saturated heterocycles. The van der Waals surface area contributed by atoms with Crippen LogP contribution in [0.4, 0.5) is 17.1 Å². The Morgan fingerprint density at radius 2 is 1.04 bits per heavy atom. The lowest BCUT2D eigenvalue weighted by molar-refractivity contribution is -0.135. The van der Waals surface area contributed by atoms with Gasteiger partial charge in [0, 0.05) is 51.8 Å². The van der Waals surface area contributed by atoms with Crippen molar-refractivity contribution in [3.63, 3.8) is 0 Å². The van der Waals surface area contributed by atoms with Crippen molar-refractivity contribution in [3.05, 3.63) is 83.9 Å². The number of phenolic OH excluding ortho intramolecular Hbond substituents is 1. The SMILES string of the molecule is CC[C@H](C)[C@H](NC(=O)[C@H](CCCN=C(N)N)NC(C)=O)C(=O)N[C@@H](CCCCNC(=O)Cc1ccc(N=Nc2ccc(N(CC)CC)cc2)cc1)C(=O)N[C@@H](CCCN=C(N)N)C(=O)N[C@@H](Cc1ccc(O)cc1)C(N)=O. The number of hydrogen-bond acceptors (Lipinski definition) is 13. The smallest absolute Gasteiger partial charge is 0.243 e. The number of rotatable bonds is 34. The van der Waals surface area contributed by atoms with Gasteiger partial charge in [-0.05, 0) is 124 Å². The van der Waals surface area contributed by atoms with Crippen LogP contribution in [0.25, 0.3) is 0 Å². The third-order valence-electron chi connectivity index (χ3n) is 12.5. The molecule has 0 spiro atoms. The predicted octanol–water partition coefficient (Wildman–Crippen LogP) is 1.81. The van der Waals surface area contributed by atoms with E-state index in [4.69, 9.17) is 28.7 Å². The van der Waals surface area contributed by atoms with Gasteiger partial charge in [-0.1, -0.05) is 44.5 Å². The molecule has 420 valence electrons. The number of phenols is 1. The lowest BCUT2D eigenvalue weighted by atomic mass is 9.96. The standard InChI is InChI=1S/C53H80N16O8/c1-6-33(4)46(66-50(76)41(62-34(5)70)14-11-29-60-52(55)56)51(77)64-42(48(74)63-43(15-12-30-61-53(57)58)49(75)65-44(47(54)73)31-35-18-26-40(71)27-19-35)13-9-10-28-59-45(72)32-36-16-20-37(21-17-36)67-68-38-22-24-39(25-23-38)69(7-2)8-3/h16-27,33,41-44,46,71H,6-15,28-32H2,1-5H3,(H2,54,73)(H,59,72)(H,62,70)(H,63,74)(H,64,77)(H,65,75)(H,66,76)(H4,55,56,60)(H4,57,58,61)/t33-,41-,42-,43-,44-,46-/m0/s1. The topological polar surface area (TPSA) is 395 Å². The first-order valence-electron chi connectivity index (χ1n) is 26.0. The van der Waals surface area contributed by atoms with Crippen LogP contribution in [-0.2, 0) is 46.4 Å². The Kier molecular flexibility index (Phi) is 27.5. The van der Waals surface area contributed by atoms with E-state index in [2.05, 4.69) is 70.9 Å². The highest BCUT2D eigenvalue weighted by Crippen LogP contribution is 2.23. The molecule has 0 radical (unpaired) electrons. The molecule has 24 nitrogen and oxygen atoms in total. The van der Waals surface area contributed by atoms with Crippen LogP contribution in [0.1, 0.15) is 97.1 Å². The van der Waals surface area contributed by atoms with Crippen molar-refractivity contribution in [1.82, 2.24) is 31.9 Å². The largest absolute Gasteiger partial charge is 0.508 e. The normalized spacial score (nSPS) is 13.3. The maximum absolute atomic E-state index is 14.4. The average Bonchev–Trinajstić information content (AvgIpc) is 3.39. The lowest BCUT2D eigenvalue weighted by Crippen LogP contribution is -2.60. The Hall–Kier alpha value is -8.31. The van der Waals surface area contributed by atoms with E-state index in [0.717, 1.165) is 24.3 Å². The van der Waals surface area contributed by atoms with Crippen molar-refractivity contribution < 1.29 is 38.7 Å². The highest BCUT2D eigenvalue weighted by atomic mass is 16.3. The number of guanidine groups is 2. The van der Waals surface area contributed by atoms with Crippen molar-refractivity contribution in [2.75, 3.05) is 37.6 Å². The molecule has 0 saturated carbocycles. The summed E-state index contributed by atoms with van der Waals surface area (Å²) < 4.78 is 0. The van der Waals surface area contributed by atoms with Gasteiger partial charge in [0.2, 0.25) is 41.4 Å². The van der Waals surface area contributed by atoms with Gasteiger partial charge in [0.1, 0.15) is 36.0 Å². The van der Waals surface area contributed by atoms with E-state index in [0.29, 0.717) is 42.6 Å². The Labute approximate surface area is 450 Å². The number of amides is 7. The van der Waals surface area contributed by atoms with E-state index in [1.165, 1.54) is 19.1 Å². The molecule has 0 aliphatic heterocycles. The van der Waals surface area contributed by atoms with Crippen molar-refractivity contribution in [2.24, 2.45) is 54.8 Å². The molecule has 0 unspecified atom stereocenters. The number of nitrogens with zero attached hydrogens (tertiary/aromatic N) is 5. The van der Waals surface area contributed by atoms with Gasteiger partial charge in [0.15, 0.2) is 11.9 Å². The van der Waals surface area contributed by atoms with Crippen molar-refractivity contribution in [3.8, 4) is 5.75 Å². The molecule has 6 atom stereocenters. The minimum atomic E-state index is -1.29. The van der Waals surface area contributed by atoms with Gasteiger partial charge < -0.3 is 70.6 Å². The number of primary amides is 1. The van der Waals surface area contributed by atoms with E-state index in [1.807, 2.05) is 31.2 Å². The van der Waals surface area contributed by atoms with Gasteiger partial charge in [0.05, 0.1) is 17.8 Å². The van der Waals surface area contributed by atoms with Gasteiger partial charge in [-0.15, -0.1) is 0 Å². The second-order valence-corrected chi connectivity index (χ2v) is 18.6. The zero-order chi connectivity index (χ0) is 56.9. The van der Waals surface area contributed by atoms with Gasteiger partial charge in [-0.3, -0.25) is 43.5 Å². The zero-order valence-corrected chi connectivity index (χ0v) is 44.9. The van der Waals surface area contributed by atoms with Crippen LogP contribution in [0.2, 0.25) is 0 Å². The number of carbonyl (C=O) groups is 7. The van der Waals surface area contributed by atoms with Crippen molar-refractivity contribution in [2.45, 2.75) is 129 Å². The van der Waals surface area contributed by atoms with E-state index in [9.17, 15) is 38.7 Å². The summed E-state index contributed by atoms with van der Waals surface area (Å²) >= 11 is 0. The highest BCUT2D eigenvalue weighted by molar-refractivity contribution is 5.96. The van der Waals surface area contributed by atoms with Gasteiger partial charge >= 0.3 is 0 Å². The lowest BCUT2D eigenvalue weighted by Gasteiger charge is -2.29. The summed E-state index contributed by atoms with van der Waals surface area (Å²) in [4.78, 5) is 104. The molecule has 3 aromatic carbocycles. The molecule has 77 heavy (non-hydrogen) atoms. The molecule has 0 aliphatic rings. The van der Waals surface area contributed by atoms with Crippen LogP contribution in [0.15, 0.2) is 93.0 Å².